The lowest BCUT2D eigenvalue weighted by atomic mass is 9.57. The minimum absolute atomic E-state index is 0.00317. The standard InChI is InChI=1S/C31H43N5O8/c1-35(2)19-12-18(34-30(43)33-13-14-8-6-5-7-9-14)24(37)21-16(19)10-15-11-17-23(36(3)4)26(39)22(29(32)42)28(41)31(17,44)27(40)20(15)25(21)38/h12,14-15,17,23,30,33-34,37-38,41,43-44H,5-11,13H2,1-4H3,(H2,32,42)/t15-,17-,23-,30?,31-/m0/s1. The zero-order valence-electron chi connectivity index (χ0n) is 25.6. The van der Waals surface area contributed by atoms with Crippen LogP contribution in [0.4, 0.5) is 11.4 Å². The van der Waals surface area contributed by atoms with Gasteiger partial charge in [0.15, 0.2) is 17.7 Å². The van der Waals surface area contributed by atoms with Crippen LogP contribution in [0.1, 0.15) is 49.7 Å². The Morgan fingerprint density at radius 2 is 1.77 bits per heavy atom. The van der Waals surface area contributed by atoms with Crippen molar-refractivity contribution in [1.29, 1.82) is 0 Å². The van der Waals surface area contributed by atoms with E-state index in [1.165, 1.54) is 11.3 Å². The maximum absolute atomic E-state index is 14.1. The largest absolute Gasteiger partial charge is 0.508 e. The number of nitrogens with one attached hydrogen (secondary N) is 2. The summed E-state index contributed by atoms with van der Waals surface area (Å²) < 4.78 is 0. The number of primary amides is 1. The first kappa shape index (κ1) is 31.8. The molecule has 5 rings (SSSR count). The molecule has 13 heteroatoms. The van der Waals surface area contributed by atoms with Gasteiger partial charge < -0.3 is 41.5 Å². The number of hydrogen-bond donors (Lipinski definition) is 8. The monoisotopic (exact) mass is 613 g/mol. The number of benzene rings is 1. The molecule has 1 aromatic rings. The Balaban J connectivity index is 1.57. The van der Waals surface area contributed by atoms with Crippen LogP contribution in [0.3, 0.4) is 0 Å². The third kappa shape index (κ3) is 5.01. The van der Waals surface area contributed by atoms with Gasteiger partial charge in [0, 0.05) is 37.8 Å². The Hall–Kier alpha value is -3.65. The second-order valence-corrected chi connectivity index (χ2v) is 13.0. The van der Waals surface area contributed by atoms with Crippen LogP contribution in [-0.2, 0) is 20.8 Å². The number of Topliss-reactive ketones (excluding diaryl/α,β-unsaturated/α-hetero) is 2. The molecule has 0 bridgehead atoms. The molecular formula is C31H43N5O8. The number of fused-ring (bicyclic) bond motifs is 3. The molecule has 2 saturated carbocycles. The lowest BCUT2D eigenvalue weighted by Gasteiger charge is -2.50. The van der Waals surface area contributed by atoms with Gasteiger partial charge in [-0.05, 0) is 63.2 Å². The first-order valence-corrected chi connectivity index (χ1v) is 15.1. The molecule has 4 aliphatic rings. The molecule has 13 nitrogen and oxygen atoms in total. The Morgan fingerprint density at radius 3 is 2.36 bits per heavy atom. The first-order valence-electron chi connectivity index (χ1n) is 15.1. The van der Waals surface area contributed by atoms with Crippen molar-refractivity contribution in [1.82, 2.24) is 10.2 Å². The third-order valence-corrected chi connectivity index (χ3v) is 9.80. The molecular weight excluding hydrogens is 570 g/mol. The number of ketones is 2. The van der Waals surface area contributed by atoms with E-state index in [0.29, 0.717) is 23.7 Å². The van der Waals surface area contributed by atoms with Crippen LogP contribution >= 0.6 is 0 Å². The lowest BCUT2D eigenvalue weighted by molar-refractivity contribution is -0.153. The number of likely N-dealkylation sites (N-methyl/N-ethyl adjacent to an activating group) is 1. The summed E-state index contributed by atoms with van der Waals surface area (Å²) >= 11 is 0. The van der Waals surface area contributed by atoms with Crippen LogP contribution in [0, 0.1) is 17.8 Å². The Morgan fingerprint density at radius 1 is 1.11 bits per heavy atom. The van der Waals surface area contributed by atoms with Crippen molar-refractivity contribution in [2.45, 2.75) is 62.9 Å². The number of aliphatic hydroxyl groups excluding tert-OH is 3. The number of carbonyl (C=O) groups is 3. The van der Waals surface area contributed by atoms with Crippen LogP contribution in [-0.4, -0.2) is 101 Å². The van der Waals surface area contributed by atoms with E-state index in [0.717, 1.165) is 25.7 Å². The van der Waals surface area contributed by atoms with Gasteiger partial charge in [0.25, 0.3) is 5.91 Å². The molecule has 2 fully saturated rings. The van der Waals surface area contributed by atoms with E-state index in [-0.39, 0.29) is 29.7 Å². The first-order chi connectivity index (χ1) is 20.7. The topological polar surface area (TPSA) is 209 Å². The van der Waals surface area contributed by atoms with Gasteiger partial charge in [0.05, 0.1) is 17.3 Å². The lowest BCUT2D eigenvalue weighted by Crippen LogP contribution is -2.65. The van der Waals surface area contributed by atoms with E-state index in [2.05, 4.69) is 10.6 Å². The molecule has 9 N–H and O–H groups in total. The molecule has 0 radical (unpaired) electrons. The van der Waals surface area contributed by atoms with Crippen LogP contribution in [0.15, 0.2) is 23.0 Å². The van der Waals surface area contributed by atoms with Crippen LogP contribution < -0.4 is 21.3 Å². The van der Waals surface area contributed by atoms with Crippen molar-refractivity contribution in [2.75, 3.05) is 45.0 Å². The van der Waals surface area contributed by atoms with Gasteiger partial charge in [0.1, 0.15) is 22.8 Å². The molecule has 0 aromatic heterocycles. The number of nitrogens with zero attached hydrogens (tertiary/aromatic N) is 2. The highest BCUT2D eigenvalue weighted by molar-refractivity contribution is 6.24. The number of anilines is 2. The highest BCUT2D eigenvalue weighted by Crippen LogP contribution is 2.54. The van der Waals surface area contributed by atoms with Crippen molar-refractivity contribution in [3.8, 4) is 5.75 Å². The van der Waals surface area contributed by atoms with Gasteiger partial charge in [-0.3, -0.25) is 24.6 Å². The Bertz CT molecular complexity index is 1450. The van der Waals surface area contributed by atoms with Gasteiger partial charge in [-0.15, -0.1) is 0 Å². The van der Waals surface area contributed by atoms with Crippen LogP contribution in [0.25, 0.3) is 5.76 Å². The van der Waals surface area contributed by atoms with Gasteiger partial charge in [0.2, 0.25) is 5.78 Å². The van der Waals surface area contributed by atoms with E-state index < -0.39 is 70.1 Å². The summed E-state index contributed by atoms with van der Waals surface area (Å²) in [5.74, 6) is -6.67. The van der Waals surface area contributed by atoms with E-state index in [1.807, 2.05) is 0 Å². The number of rotatable bonds is 8. The van der Waals surface area contributed by atoms with E-state index in [4.69, 9.17) is 5.73 Å². The summed E-state index contributed by atoms with van der Waals surface area (Å²) in [6, 6.07) is 0.502. The summed E-state index contributed by atoms with van der Waals surface area (Å²) in [7, 11) is 6.68. The number of amides is 1. The van der Waals surface area contributed by atoms with Crippen LogP contribution in [0.2, 0.25) is 0 Å². The van der Waals surface area contributed by atoms with E-state index in [9.17, 15) is 39.9 Å². The van der Waals surface area contributed by atoms with Gasteiger partial charge in [-0.1, -0.05) is 19.3 Å². The molecule has 0 aliphatic heterocycles. The average molecular weight is 614 g/mol. The summed E-state index contributed by atoms with van der Waals surface area (Å²) in [4.78, 5) is 42.8. The Labute approximate surface area is 256 Å². The van der Waals surface area contributed by atoms with Crippen molar-refractivity contribution in [3.63, 3.8) is 0 Å². The van der Waals surface area contributed by atoms with Crippen LogP contribution in [0.5, 0.6) is 5.75 Å². The zero-order chi connectivity index (χ0) is 32.2. The number of aromatic hydroxyl groups is 1. The van der Waals surface area contributed by atoms with Crippen molar-refractivity contribution < 1.29 is 39.9 Å². The number of carbonyl (C=O) groups excluding carboxylic acids is 3. The molecule has 1 amide bonds. The van der Waals surface area contributed by atoms with E-state index in [1.54, 1.807) is 39.2 Å². The molecule has 0 spiro atoms. The van der Waals surface area contributed by atoms with Gasteiger partial charge in [-0.25, -0.2) is 0 Å². The summed E-state index contributed by atoms with van der Waals surface area (Å²) in [6.45, 7) is 0.590. The van der Waals surface area contributed by atoms with Gasteiger partial charge >= 0.3 is 0 Å². The number of phenols is 1. The minimum atomic E-state index is -2.71. The molecule has 240 valence electrons. The molecule has 0 saturated heterocycles. The highest BCUT2D eigenvalue weighted by Gasteiger charge is 2.64. The number of hydrogen-bond acceptors (Lipinski definition) is 12. The number of nitrogens with two attached hydrogens (primary N) is 1. The second-order valence-electron chi connectivity index (χ2n) is 13.0. The smallest absolute Gasteiger partial charge is 0.255 e. The summed E-state index contributed by atoms with van der Waals surface area (Å²) in [5.41, 5.74) is 2.81. The molecule has 44 heavy (non-hydrogen) atoms. The maximum atomic E-state index is 14.1. The normalized spacial score (nSPS) is 28.0. The van der Waals surface area contributed by atoms with Crippen molar-refractivity contribution >= 4 is 34.6 Å². The zero-order valence-corrected chi connectivity index (χ0v) is 25.6. The van der Waals surface area contributed by atoms with Crippen molar-refractivity contribution in [2.24, 2.45) is 23.5 Å². The fraction of sp³-hybridized carbons (Fsp3) is 0.581. The fourth-order valence-electron chi connectivity index (χ4n) is 7.67. The fourth-order valence-corrected chi connectivity index (χ4v) is 7.67. The maximum Gasteiger partial charge on any atom is 0.255 e. The Kier molecular flexibility index (Phi) is 8.44. The van der Waals surface area contributed by atoms with E-state index >= 15 is 0 Å². The molecule has 0 heterocycles. The third-order valence-electron chi connectivity index (χ3n) is 9.80. The molecule has 4 aliphatic carbocycles. The number of phenolic OH excluding ortho intramolecular Hbond substituents is 1. The average Bonchev–Trinajstić information content (AvgIpc) is 2.95. The second kappa shape index (κ2) is 11.7. The molecule has 1 aromatic carbocycles. The predicted octanol–water partition coefficient (Wildman–Crippen LogP) is 0.888. The number of aliphatic hydroxyl groups is 4. The minimum Gasteiger partial charge on any atom is -0.508 e. The van der Waals surface area contributed by atoms with Gasteiger partial charge in [-0.2, -0.15) is 0 Å². The predicted molar refractivity (Wildman–Crippen MR) is 163 cm³/mol. The molecule has 1 unspecified atom stereocenters. The SMILES string of the molecule is CN(C)c1cc(NC(O)NCC2CCCCC2)c(O)c2c1C[C@H]1C[C@H]3[C@H](N(C)C)C(=O)C(C(N)=O)=C(O)[C@@]3(O)C(=O)C1=C2O. The molecule has 5 atom stereocenters. The summed E-state index contributed by atoms with van der Waals surface area (Å²) in [5, 5.41) is 62.5. The highest BCUT2D eigenvalue weighted by atomic mass is 16.3. The summed E-state index contributed by atoms with van der Waals surface area (Å²) in [6.07, 6.45) is 4.63. The van der Waals surface area contributed by atoms with Crippen molar-refractivity contribution in [3.05, 3.63) is 34.1 Å². The quantitative estimate of drug-likeness (QED) is 0.117.